The van der Waals surface area contributed by atoms with E-state index in [9.17, 15) is 9.59 Å². The van der Waals surface area contributed by atoms with Crippen molar-refractivity contribution in [2.45, 2.75) is 12.5 Å². The van der Waals surface area contributed by atoms with Gasteiger partial charge < -0.3 is 9.47 Å². The van der Waals surface area contributed by atoms with Crippen LogP contribution in [0.2, 0.25) is 0 Å². The minimum Gasteiger partial charge on any atom is -0.459 e. The Balaban J connectivity index is 1.84. The van der Waals surface area contributed by atoms with Crippen molar-refractivity contribution < 1.29 is 19.1 Å². The molecular formula is C10H10O4. The average Bonchev–Trinajstić information content (AvgIpc) is 2.99. The second kappa shape index (κ2) is 3.75. The first-order valence-corrected chi connectivity index (χ1v) is 4.45. The fourth-order valence-corrected chi connectivity index (χ4v) is 1.10. The van der Waals surface area contributed by atoms with Gasteiger partial charge in [0, 0.05) is 6.42 Å². The first-order valence-electron chi connectivity index (χ1n) is 4.45. The summed E-state index contributed by atoms with van der Waals surface area (Å²) in [4.78, 5) is 22.1. The van der Waals surface area contributed by atoms with E-state index in [1.54, 1.807) is 6.08 Å². The summed E-state index contributed by atoms with van der Waals surface area (Å²) in [6.45, 7) is 0.971. The Morgan fingerprint density at radius 3 is 2.93 bits per heavy atom. The van der Waals surface area contributed by atoms with Crippen molar-refractivity contribution in [2.75, 3.05) is 13.2 Å². The van der Waals surface area contributed by atoms with Gasteiger partial charge in [0.05, 0.1) is 12.2 Å². The molecule has 0 saturated carbocycles. The van der Waals surface area contributed by atoms with E-state index < -0.39 is 0 Å². The van der Waals surface area contributed by atoms with Crippen LogP contribution in [0.5, 0.6) is 0 Å². The number of allylic oxidation sites excluding steroid dienone is 2. The van der Waals surface area contributed by atoms with Crippen molar-refractivity contribution >= 4 is 11.8 Å². The van der Waals surface area contributed by atoms with Crippen LogP contribution in [0.25, 0.3) is 0 Å². The van der Waals surface area contributed by atoms with Gasteiger partial charge in [-0.2, -0.15) is 0 Å². The number of carbonyl (C=O) groups is 2. The second-order valence-electron chi connectivity index (χ2n) is 3.22. The molecule has 0 spiro atoms. The molecule has 4 nitrogen and oxygen atoms in total. The van der Waals surface area contributed by atoms with Gasteiger partial charge in [-0.25, -0.2) is 4.79 Å². The normalized spacial score (nSPS) is 24.4. The van der Waals surface area contributed by atoms with Gasteiger partial charge in [-0.1, -0.05) is 6.08 Å². The van der Waals surface area contributed by atoms with E-state index in [-0.39, 0.29) is 24.3 Å². The summed E-state index contributed by atoms with van der Waals surface area (Å²) >= 11 is 0. The van der Waals surface area contributed by atoms with Crippen molar-refractivity contribution in [1.82, 2.24) is 0 Å². The number of carbonyl (C=O) groups excluding carboxylic acids is 2. The molecule has 2 rings (SSSR count). The van der Waals surface area contributed by atoms with Crippen LogP contribution < -0.4 is 0 Å². The number of esters is 1. The van der Waals surface area contributed by atoms with Crippen LogP contribution in [0.15, 0.2) is 23.8 Å². The van der Waals surface area contributed by atoms with Gasteiger partial charge in [0.25, 0.3) is 0 Å². The smallest absolute Gasteiger partial charge is 0.337 e. The molecule has 1 saturated heterocycles. The lowest BCUT2D eigenvalue weighted by Gasteiger charge is -2.05. The SMILES string of the molecule is O=C1C=CC(C(=O)OCC2CO2)=CC1. The fraction of sp³-hybridized carbons (Fsp3) is 0.400. The Morgan fingerprint density at radius 1 is 1.57 bits per heavy atom. The van der Waals surface area contributed by atoms with E-state index in [0.717, 1.165) is 0 Å². The van der Waals surface area contributed by atoms with Crippen LogP contribution >= 0.6 is 0 Å². The van der Waals surface area contributed by atoms with Crippen LogP contribution in [0, 0.1) is 0 Å². The summed E-state index contributed by atoms with van der Waals surface area (Å²) < 4.78 is 9.84. The summed E-state index contributed by atoms with van der Waals surface area (Å²) in [5, 5.41) is 0. The molecule has 1 atom stereocenters. The zero-order valence-electron chi connectivity index (χ0n) is 7.56. The zero-order valence-corrected chi connectivity index (χ0v) is 7.56. The largest absolute Gasteiger partial charge is 0.459 e. The van der Waals surface area contributed by atoms with Crippen molar-refractivity contribution in [3.63, 3.8) is 0 Å². The molecule has 0 radical (unpaired) electrons. The van der Waals surface area contributed by atoms with Gasteiger partial charge in [-0.05, 0) is 12.2 Å². The number of epoxide rings is 1. The Hall–Kier alpha value is -1.42. The molecule has 1 unspecified atom stereocenters. The lowest BCUT2D eigenvalue weighted by molar-refractivity contribution is -0.139. The highest BCUT2D eigenvalue weighted by molar-refractivity contribution is 6.00. The van der Waals surface area contributed by atoms with Crippen LogP contribution in [0.1, 0.15) is 6.42 Å². The molecule has 2 aliphatic rings. The summed E-state index contributed by atoms with van der Waals surface area (Å²) in [6, 6.07) is 0. The van der Waals surface area contributed by atoms with Gasteiger partial charge >= 0.3 is 5.97 Å². The van der Waals surface area contributed by atoms with Crippen LogP contribution in [-0.2, 0) is 19.1 Å². The molecule has 0 N–H and O–H groups in total. The molecule has 74 valence electrons. The lowest BCUT2D eigenvalue weighted by atomic mass is 10.1. The molecule has 4 heteroatoms. The van der Waals surface area contributed by atoms with Crippen LogP contribution in [-0.4, -0.2) is 31.1 Å². The predicted molar refractivity (Wildman–Crippen MR) is 47.5 cm³/mol. The fourth-order valence-electron chi connectivity index (χ4n) is 1.10. The van der Waals surface area contributed by atoms with Gasteiger partial charge in [-0.3, -0.25) is 4.79 Å². The van der Waals surface area contributed by atoms with Crippen molar-refractivity contribution in [2.24, 2.45) is 0 Å². The van der Waals surface area contributed by atoms with E-state index in [4.69, 9.17) is 9.47 Å². The summed E-state index contributed by atoms with van der Waals surface area (Å²) in [5.41, 5.74) is 0.449. The second-order valence-corrected chi connectivity index (χ2v) is 3.22. The molecule has 0 bridgehead atoms. The summed E-state index contributed by atoms with van der Waals surface area (Å²) in [6.07, 6.45) is 4.82. The van der Waals surface area contributed by atoms with Gasteiger partial charge in [0.2, 0.25) is 0 Å². The maximum atomic E-state index is 11.3. The summed E-state index contributed by atoms with van der Waals surface area (Å²) in [7, 11) is 0. The number of ether oxygens (including phenoxy) is 2. The number of rotatable bonds is 3. The van der Waals surface area contributed by atoms with Gasteiger partial charge in [0.1, 0.15) is 12.7 Å². The first kappa shape index (κ1) is 9.15. The molecule has 0 aromatic rings. The van der Waals surface area contributed by atoms with Crippen LogP contribution in [0.4, 0.5) is 0 Å². The van der Waals surface area contributed by atoms with E-state index in [1.165, 1.54) is 12.2 Å². The highest BCUT2D eigenvalue weighted by Gasteiger charge is 2.24. The van der Waals surface area contributed by atoms with Gasteiger partial charge in [0.15, 0.2) is 5.78 Å². The van der Waals surface area contributed by atoms with Gasteiger partial charge in [-0.15, -0.1) is 0 Å². The minimum atomic E-state index is -0.385. The number of hydrogen-bond acceptors (Lipinski definition) is 4. The average molecular weight is 194 g/mol. The van der Waals surface area contributed by atoms with E-state index in [0.29, 0.717) is 18.8 Å². The number of hydrogen-bond donors (Lipinski definition) is 0. The van der Waals surface area contributed by atoms with E-state index >= 15 is 0 Å². The van der Waals surface area contributed by atoms with Crippen LogP contribution in [0.3, 0.4) is 0 Å². The highest BCUT2D eigenvalue weighted by Crippen LogP contribution is 2.12. The number of ketones is 1. The predicted octanol–water partition coefficient (Wildman–Crippen LogP) is 0.384. The third kappa shape index (κ3) is 2.29. The molecule has 1 aliphatic carbocycles. The monoisotopic (exact) mass is 194 g/mol. The third-order valence-electron chi connectivity index (χ3n) is 2.01. The third-order valence-corrected chi connectivity index (χ3v) is 2.01. The van der Waals surface area contributed by atoms with Crippen molar-refractivity contribution in [3.8, 4) is 0 Å². The molecule has 1 fully saturated rings. The van der Waals surface area contributed by atoms with E-state index in [2.05, 4.69) is 0 Å². The first-order chi connectivity index (χ1) is 6.75. The molecule has 0 aromatic carbocycles. The summed E-state index contributed by atoms with van der Waals surface area (Å²) in [5.74, 6) is -0.378. The topological polar surface area (TPSA) is 55.9 Å². The van der Waals surface area contributed by atoms with Crippen molar-refractivity contribution in [3.05, 3.63) is 23.8 Å². The molecule has 1 aliphatic heterocycles. The Labute approximate surface area is 81.2 Å². The molecule has 0 amide bonds. The Bertz CT molecular complexity index is 323. The Kier molecular flexibility index (Phi) is 2.45. The lowest BCUT2D eigenvalue weighted by Crippen LogP contribution is -2.13. The van der Waals surface area contributed by atoms with E-state index in [1.807, 2.05) is 0 Å². The molecule has 1 heterocycles. The standard InChI is InChI=1S/C10H10O4/c11-8-3-1-7(2-4-8)10(12)14-6-9-5-13-9/h1-3,9H,4-6H2. The van der Waals surface area contributed by atoms with Crippen molar-refractivity contribution in [1.29, 1.82) is 0 Å². The Morgan fingerprint density at radius 2 is 2.36 bits per heavy atom. The highest BCUT2D eigenvalue weighted by atomic mass is 16.6. The maximum absolute atomic E-state index is 11.3. The quantitative estimate of drug-likeness (QED) is 0.481. The molecular weight excluding hydrogens is 184 g/mol. The molecule has 0 aromatic heterocycles. The maximum Gasteiger partial charge on any atom is 0.337 e. The zero-order chi connectivity index (χ0) is 9.97. The molecule has 14 heavy (non-hydrogen) atoms. The minimum absolute atomic E-state index is 0.00655.